The summed E-state index contributed by atoms with van der Waals surface area (Å²) in [7, 11) is 0. The monoisotopic (exact) mass is 238 g/mol. The highest BCUT2D eigenvalue weighted by Crippen LogP contribution is 2.35. The van der Waals surface area contributed by atoms with Crippen LogP contribution < -0.4 is 9.47 Å². The fraction of sp³-hybridized carbons (Fsp3) is 0.571. The van der Waals surface area contributed by atoms with Crippen LogP contribution in [-0.4, -0.2) is 18.3 Å². The zero-order valence-electron chi connectivity index (χ0n) is 10.9. The summed E-state index contributed by atoms with van der Waals surface area (Å²) in [6.45, 7) is 7.14. The fourth-order valence-corrected chi connectivity index (χ4v) is 1.55. The largest absolute Gasteiger partial charge is 0.490 e. The van der Waals surface area contributed by atoms with Crippen molar-refractivity contribution >= 4 is 0 Å². The third-order valence-electron chi connectivity index (χ3n) is 2.37. The van der Waals surface area contributed by atoms with Gasteiger partial charge in [0.2, 0.25) is 0 Å². The molecule has 0 aliphatic heterocycles. The van der Waals surface area contributed by atoms with Gasteiger partial charge in [-0.1, -0.05) is 26.0 Å². The smallest absolute Gasteiger partial charge is 0.166 e. The first-order valence-electron chi connectivity index (χ1n) is 6.27. The van der Waals surface area contributed by atoms with Crippen LogP contribution in [0.25, 0.3) is 0 Å². The zero-order valence-corrected chi connectivity index (χ0v) is 10.9. The molecule has 0 aliphatic carbocycles. The number of hydrogen-bond acceptors (Lipinski definition) is 3. The first kappa shape index (κ1) is 13.8. The van der Waals surface area contributed by atoms with Crippen molar-refractivity contribution in [3.63, 3.8) is 0 Å². The van der Waals surface area contributed by atoms with Gasteiger partial charge in [0.25, 0.3) is 0 Å². The summed E-state index contributed by atoms with van der Waals surface area (Å²) >= 11 is 0. The molecule has 1 atom stereocenters. The molecular formula is C14H22O3. The third kappa shape index (κ3) is 3.93. The molecule has 0 spiro atoms. The molecule has 0 saturated carbocycles. The fourth-order valence-electron chi connectivity index (χ4n) is 1.55. The van der Waals surface area contributed by atoms with E-state index in [1.807, 2.05) is 18.2 Å². The van der Waals surface area contributed by atoms with Crippen molar-refractivity contribution in [3.8, 4) is 11.5 Å². The molecule has 3 nitrogen and oxygen atoms in total. The molecule has 0 fully saturated rings. The van der Waals surface area contributed by atoms with Gasteiger partial charge in [-0.05, 0) is 25.8 Å². The molecule has 0 aromatic heterocycles. The van der Waals surface area contributed by atoms with Gasteiger partial charge >= 0.3 is 0 Å². The van der Waals surface area contributed by atoms with E-state index in [2.05, 4.69) is 13.8 Å². The SMILES string of the molecule is CCCOc1cccc(C(C)O)c1OCCC. The Balaban J connectivity index is 2.96. The average molecular weight is 238 g/mol. The van der Waals surface area contributed by atoms with Crippen LogP contribution in [0.15, 0.2) is 18.2 Å². The maximum absolute atomic E-state index is 9.72. The van der Waals surface area contributed by atoms with E-state index in [1.165, 1.54) is 0 Å². The summed E-state index contributed by atoms with van der Waals surface area (Å²) in [6.07, 6.45) is 1.33. The maximum atomic E-state index is 9.72. The van der Waals surface area contributed by atoms with Gasteiger partial charge in [-0.25, -0.2) is 0 Å². The minimum Gasteiger partial charge on any atom is -0.490 e. The molecule has 0 heterocycles. The van der Waals surface area contributed by atoms with Gasteiger partial charge in [0.1, 0.15) is 0 Å². The van der Waals surface area contributed by atoms with E-state index in [4.69, 9.17) is 9.47 Å². The van der Waals surface area contributed by atoms with Crippen molar-refractivity contribution in [1.82, 2.24) is 0 Å². The zero-order chi connectivity index (χ0) is 12.7. The predicted octanol–water partition coefficient (Wildman–Crippen LogP) is 3.32. The van der Waals surface area contributed by atoms with E-state index in [0.29, 0.717) is 19.0 Å². The third-order valence-corrected chi connectivity index (χ3v) is 2.37. The van der Waals surface area contributed by atoms with Crippen LogP contribution in [0.2, 0.25) is 0 Å². The van der Waals surface area contributed by atoms with Crippen LogP contribution in [0, 0.1) is 0 Å². The van der Waals surface area contributed by atoms with E-state index in [-0.39, 0.29) is 0 Å². The Bertz CT molecular complexity index is 334. The molecule has 1 aromatic carbocycles. The molecule has 0 aliphatic rings. The van der Waals surface area contributed by atoms with Crippen molar-refractivity contribution in [2.24, 2.45) is 0 Å². The van der Waals surface area contributed by atoms with E-state index >= 15 is 0 Å². The molecule has 3 heteroatoms. The van der Waals surface area contributed by atoms with Gasteiger partial charge in [0.05, 0.1) is 19.3 Å². The highest BCUT2D eigenvalue weighted by molar-refractivity contribution is 5.47. The van der Waals surface area contributed by atoms with Crippen molar-refractivity contribution in [1.29, 1.82) is 0 Å². The lowest BCUT2D eigenvalue weighted by molar-refractivity contribution is 0.187. The first-order chi connectivity index (χ1) is 8.20. The Labute approximate surface area is 103 Å². The standard InChI is InChI=1S/C14H22O3/c1-4-9-16-13-8-6-7-12(11(3)15)14(13)17-10-5-2/h6-8,11,15H,4-5,9-10H2,1-3H3. The number of para-hydroxylation sites is 1. The van der Waals surface area contributed by atoms with Gasteiger partial charge < -0.3 is 14.6 Å². The molecule has 96 valence electrons. The number of hydrogen-bond donors (Lipinski definition) is 1. The Morgan fingerprint density at radius 3 is 2.35 bits per heavy atom. The molecule has 1 rings (SSSR count). The van der Waals surface area contributed by atoms with Crippen molar-refractivity contribution < 1.29 is 14.6 Å². The molecule has 0 bridgehead atoms. The Morgan fingerprint density at radius 2 is 1.76 bits per heavy atom. The normalized spacial score (nSPS) is 12.2. The number of aliphatic hydroxyl groups is 1. The van der Waals surface area contributed by atoms with Crippen LogP contribution in [-0.2, 0) is 0 Å². The topological polar surface area (TPSA) is 38.7 Å². The Kier molecular flexibility index (Phi) is 5.84. The molecule has 17 heavy (non-hydrogen) atoms. The molecule has 1 aromatic rings. The first-order valence-corrected chi connectivity index (χ1v) is 6.27. The number of aliphatic hydroxyl groups excluding tert-OH is 1. The van der Waals surface area contributed by atoms with Gasteiger partial charge in [0, 0.05) is 5.56 Å². The maximum Gasteiger partial charge on any atom is 0.166 e. The Morgan fingerprint density at radius 1 is 1.12 bits per heavy atom. The lowest BCUT2D eigenvalue weighted by atomic mass is 10.1. The van der Waals surface area contributed by atoms with Gasteiger partial charge in [-0.2, -0.15) is 0 Å². The van der Waals surface area contributed by atoms with Gasteiger partial charge in [-0.15, -0.1) is 0 Å². The minimum absolute atomic E-state index is 0.549. The van der Waals surface area contributed by atoms with Crippen LogP contribution >= 0.6 is 0 Å². The highest BCUT2D eigenvalue weighted by atomic mass is 16.5. The quantitative estimate of drug-likeness (QED) is 0.792. The predicted molar refractivity (Wildman–Crippen MR) is 68.6 cm³/mol. The minimum atomic E-state index is -0.549. The average Bonchev–Trinajstić information content (AvgIpc) is 2.33. The van der Waals surface area contributed by atoms with Crippen LogP contribution in [0.4, 0.5) is 0 Å². The van der Waals surface area contributed by atoms with Crippen molar-refractivity contribution in [2.45, 2.75) is 39.7 Å². The summed E-state index contributed by atoms with van der Waals surface area (Å²) in [5, 5.41) is 9.72. The van der Waals surface area contributed by atoms with Crippen molar-refractivity contribution in [2.75, 3.05) is 13.2 Å². The van der Waals surface area contributed by atoms with E-state index in [0.717, 1.165) is 24.2 Å². The number of benzene rings is 1. The molecule has 0 amide bonds. The number of ether oxygens (including phenoxy) is 2. The van der Waals surface area contributed by atoms with Gasteiger partial charge in [-0.3, -0.25) is 0 Å². The molecule has 0 saturated heterocycles. The lowest BCUT2D eigenvalue weighted by Gasteiger charge is -2.17. The van der Waals surface area contributed by atoms with E-state index in [9.17, 15) is 5.11 Å². The van der Waals surface area contributed by atoms with E-state index < -0.39 is 6.10 Å². The highest BCUT2D eigenvalue weighted by Gasteiger charge is 2.14. The second-order valence-corrected chi connectivity index (χ2v) is 4.05. The molecule has 0 radical (unpaired) electrons. The van der Waals surface area contributed by atoms with Gasteiger partial charge in [0.15, 0.2) is 11.5 Å². The molecule has 1 unspecified atom stereocenters. The van der Waals surface area contributed by atoms with Crippen LogP contribution in [0.5, 0.6) is 11.5 Å². The summed E-state index contributed by atoms with van der Waals surface area (Å²) < 4.78 is 11.3. The van der Waals surface area contributed by atoms with Crippen molar-refractivity contribution in [3.05, 3.63) is 23.8 Å². The van der Waals surface area contributed by atoms with Crippen LogP contribution in [0.1, 0.15) is 45.3 Å². The summed E-state index contributed by atoms with van der Waals surface area (Å²) in [4.78, 5) is 0. The Hall–Kier alpha value is -1.22. The molecular weight excluding hydrogens is 216 g/mol. The van der Waals surface area contributed by atoms with E-state index in [1.54, 1.807) is 6.92 Å². The van der Waals surface area contributed by atoms with Crippen LogP contribution in [0.3, 0.4) is 0 Å². The summed E-state index contributed by atoms with van der Waals surface area (Å²) in [5.74, 6) is 1.40. The second kappa shape index (κ2) is 7.17. The summed E-state index contributed by atoms with van der Waals surface area (Å²) in [6, 6.07) is 5.63. The number of rotatable bonds is 7. The lowest BCUT2D eigenvalue weighted by Crippen LogP contribution is -2.05. The molecule has 1 N–H and O–H groups in total. The summed E-state index contributed by atoms with van der Waals surface area (Å²) in [5.41, 5.74) is 0.784. The second-order valence-electron chi connectivity index (χ2n) is 4.05.